The topological polar surface area (TPSA) is 90.9 Å². The number of rotatable bonds is 2. The number of aryl methyl sites for hydroxylation is 2. The minimum absolute atomic E-state index is 0.152. The first-order chi connectivity index (χ1) is 14.4. The highest BCUT2D eigenvalue weighted by atomic mass is 16.6. The predicted molar refractivity (Wildman–Crippen MR) is 110 cm³/mol. The Kier molecular flexibility index (Phi) is 4.27. The molecular formula is C21H24N6O3. The lowest BCUT2D eigenvalue weighted by Gasteiger charge is -2.51. The molecule has 30 heavy (non-hydrogen) atoms. The molecule has 2 aromatic rings. The number of hydrogen-bond donors (Lipinski definition) is 1. The van der Waals surface area contributed by atoms with Crippen LogP contribution in [0.1, 0.15) is 11.4 Å². The number of amides is 3. The van der Waals surface area contributed by atoms with E-state index in [-0.39, 0.29) is 18.2 Å². The summed E-state index contributed by atoms with van der Waals surface area (Å²) < 4.78 is 5.82. The van der Waals surface area contributed by atoms with E-state index in [4.69, 9.17) is 4.74 Å². The second-order valence-electron chi connectivity index (χ2n) is 8.15. The number of aromatic nitrogens is 2. The number of anilines is 2. The van der Waals surface area contributed by atoms with Gasteiger partial charge in [-0.3, -0.25) is 4.90 Å². The van der Waals surface area contributed by atoms with E-state index >= 15 is 0 Å². The third-order valence-electron chi connectivity index (χ3n) is 6.19. The second-order valence-corrected chi connectivity index (χ2v) is 8.15. The maximum atomic E-state index is 12.9. The largest absolute Gasteiger partial charge is 0.437 e. The molecule has 1 spiro atoms. The van der Waals surface area contributed by atoms with Gasteiger partial charge in [0.05, 0.1) is 19.1 Å². The van der Waals surface area contributed by atoms with E-state index in [0.29, 0.717) is 38.5 Å². The van der Waals surface area contributed by atoms with Gasteiger partial charge in [-0.1, -0.05) is 18.2 Å². The van der Waals surface area contributed by atoms with Gasteiger partial charge in [-0.2, -0.15) is 0 Å². The highest BCUT2D eigenvalue weighted by molar-refractivity contribution is 5.90. The molecule has 156 valence electrons. The van der Waals surface area contributed by atoms with Crippen molar-refractivity contribution in [2.24, 2.45) is 0 Å². The molecule has 3 amide bonds. The number of ether oxygens (including phenoxy) is 1. The van der Waals surface area contributed by atoms with Crippen molar-refractivity contribution in [2.45, 2.75) is 25.5 Å². The Hall–Kier alpha value is -3.36. The molecule has 5 rings (SSSR count). The number of para-hydroxylation sites is 1. The van der Waals surface area contributed by atoms with Crippen molar-refractivity contribution in [3.8, 4) is 0 Å². The van der Waals surface area contributed by atoms with E-state index in [2.05, 4.69) is 20.2 Å². The zero-order chi connectivity index (χ0) is 20.9. The van der Waals surface area contributed by atoms with Crippen LogP contribution in [-0.4, -0.2) is 76.3 Å². The van der Waals surface area contributed by atoms with Gasteiger partial charge < -0.3 is 19.9 Å². The van der Waals surface area contributed by atoms with E-state index in [1.165, 1.54) is 0 Å². The van der Waals surface area contributed by atoms with Gasteiger partial charge in [-0.25, -0.2) is 19.6 Å². The Morgan fingerprint density at radius 1 is 1.20 bits per heavy atom. The number of nitrogens with one attached hydrogen (secondary N) is 1. The van der Waals surface area contributed by atoms with E-state index in [9.17, 15) is 9.59 Å². The summed E-state index contributed by atoms with van der Waals surface area (Å²) >= 11 is 0. The van der Waals surface area contributed by atoms with E-state index in [1.54, 1.807) is 16.0 Å². The van der Waals surface area contributed by atoms with Crippen molar-refractivity contribution in [2.75, 3.05) is 42.9 Å². The lowest BCUT2D eigenvalue weighted by Crippen LogP contribution is -2.71. The fraction of sp³-hybridized carbons (Fsp3) is 0.429. The number of nitrogens with zero attached hydrogens (tertiary/aromatic N) is 5. The van der Waals surface area contributed by atoms with Gasteiger partial charge in [-0.05, 0) is 31.5 Å². The smallest absolute Gasteiger partial charge is 0.411 e. The summed E-state index contributed by atoms with van der Waals surface area (Å²) in [6.45, 7) is 6.33. The maximum Gasteiger partial charge on any atom is 0.411 e. The molecule has 3 aliphatic heterocycles. The SMILES string of the molecule is Cc1nccc(N2CC3(C2)OC(=O)N2CCN(C(=O)Nc4ccccc4C)CC23)n1. The summed E-state index contributed by atoms with van der Waals surface area (Å²) in [5.41, 5.74) is 1.19. The molecule has 1 unspecified atom stereocenters. The van der Waals surface area contributed by atoms with Crippen molar-refractivity contribution in [1.82, 2.24) is 19.8 Å². The lowest BCUT2D eigenvalue weighted by molar-refractivity contribution is -0.00308. The molecule has 9 nitrogen and oxygen atoms in total. The third kappa shape index (κ3) is 3.01. The molecule has 1 aromatic carbocycles. The number of piperazine rings is 1. The second kappa shape index (κ2) is 6.86. The fourth-order valence-electron chi connectivity index (χ4n) is 4.50. The lowest BCUT2D eigenvalue weighted by atomic mass is 9.84. The molecule has 0 saturated carbocycles. The maximum absolute atomic E-state index is 12.9. The van der Waals surface area contributed by atoms with Gasteiger partial charge in [0.1, 0.15) is 11.6 Å². The van der Waals surface area contributed by atoms with Crippen LogP contribution in [0.25, 0.3) is 0 Å². The molecule has 3 aliphatic rings. The average molecular weight is 408 g/mol. The Morgan fingerprint density at radius 3 is 2.77 bits per heavy atom. The number of benzene rings is 1. The van der Waals surface area contributed by atoms with Crippen molar-refractivity contribution in [3.63, 3.8) is 0 Å². The standard InChI is InChI=1S/C21H24N6O3/c1-14-5-3-4-6-16(14)24-19(28)25-9-10-27-17(11-25)21(30-20(27)29)12-26(13-21)18-7-8-22-15(2)23-18/h3-8,17H,9-13H2,1-2H3,(H,24,28). The molecule has 1 N–H and O–H groups in total. The summed E-state index contributed by atoms with van der Waals surface area (Å²) in [6, 6.07) is 9.23. The van der Waals surface area contributed by atoms with E-state index in [0.717, 1.165) is 17.1 Å². The monoisotopic (exact) mass is 408 g/mol. The number of urea groups is 1. The van der Waals surface area contributed by atoms with Crippen LogP contribution in [0, 0.1) is 13.8 Å². The first-order valence-electron chi connectivity index (χ1n) is 10.1. The zero-order valence-electron chi connectivity index (χ0n) is 17.0. The third-order valence-corrected chi connectivity index (χ3v) is 6.19. The number of carbonyl (C=O) groups excluding carboxylic acids is 2. The van der Waals surface area contributed by atoms with Crippen LogP contribution < -0.4 is 10.2 Å². The summed E-state index contributed by atoms with van der Waals surface area (Å²) in [5.74, 6) is 1.53. The van der Waals surface area contributed by atoms with Gasteiger partial charge in [0, 0.05) is 31.5 Å². The summed E-state index contributed by atoms with van der Waals surface area (Å²) in [6.07, 6.45) is 1.44. The summed E-state index contributed by atoms with van der Waals surface area (Å²) in [7, 11) is 0. The summed E-state index contributed by atoms with van der Waals surface area (Å²) in [5, 5.41) is 2.99. The zero-order valence-corrected chi connectivity index (χ0v) is 17.0. The highest BCUT2D eigenvalue weighted by Crippen LogP contribution is 2.41. The molecule has 1 aromatic heterocycles. The van der Waals surface area contributed by atoms with Crippen molar-refractivity contribution in [1.29, 1.82) is 0 Å². The average Bonchev–Trinajstić information content (AvgIpc) is 3.01. The first-order valence-corrected chi connectivity index (χ1v) is 10.1. The van der Waals surface area contributed by atoms with Crippen LogP contribution in [0.4, 0.5) is 21.1 Å². The molecule has 3 fully saturated rings. The van der Waals surface area contributed by atoms with Crippen LogP contribution in [0.5, 0.6) is 0 Å². The van der Waals surface area contributed by atoms with Crippen LogP contribution in [0.15, 0.2) is 36.5 Å². The Balaban J connectivity index is 1.30. The Morgan fingerprint density at radius 2 is 2.00 bits per heavy atom. The van der Waals surface area contributed by atoms with Crippen molar-refractivity contribution in [3.05, 3.63) is 47.9 Å². The van der Waals surface area contributed by atoms with E-state index in [1.807, 2.05) is 44.2 Å². The van der Waals surface area contributed by atoms with Crippen molar-refractivity contribution < 1.29 is 14.3 Å². The molecular weight excluding hydrogens is 384 g/mol. The van der Waals surface area contributed by atoms with E-state index < -0.39 is 5.60 Å². The molecule has 3 saturated heterocycles. The van der Waals surface area contributed by atoms with Crippen LogP contribution >= 0.6 is 0 Å². The number of hydrogen-bond acceptors (Lipinski definition) is 6. The van der Waals surface area contributed by atoms with Gasteiger partial charge >= 0.3 is 12.1 Å². The van der Waals surface area contributed by atoms with Crippen LogP contribution in [-0.2, 0) is 4.74 Å². The quantitative estimate of drug-likeness (QED) is 0.818. The number of fused-ring (bicyclic) bond motifs is 2. The summed E-state index contributed by atoms with van der Waals surface area (Å²) in [4.78, 5) is 39.6. The first kappa shape index (κ1) is 18.7. The Labute approximate surface area is 174 Å². The molecule has 4 heterocycles. The van der Waals surface area contributed by atoms with Gasteiger partial charge in [0.25, 0.3) is 0 Å². The Bertz CT molecular complexity index is 1010. The predicted octanol–water partition coefficient (Wildman–Crippen LogP) is 2.02. The normalized spacial score (nSPS) is 21.9. The molecule has 1 atom stereocenters. The molecule has 0 radical (unpaired) electrons. The molecule has 0 bridgehead atoms. The minimum atomic E-state index is -0.614. The minimum Gasteiger partial charge on any atom is -0.437 e. The van der Waals surface area contributed by atoms with Crippen molar-refractivity contribution >= 4 is 23.6 Å². The van der Waals surface area contributed by atoms with Gasteiger partial charge in [0.2, 0.25) is 0 Å². The number of carbonyl (C=O) groups is 2. The molecule has 9 heteroatoms. The van der Waals surface area contributed by atoms with Crippen LogP contribution in [0.3, 0.4) is 0 Å². The highest BCUT2D eigenvalue weighted by Gasteiger charge is 2.62. The van der Waals surface area contributed by atoms with Gasteiger partial charge in [0.15, 0.2) is 5.60 Å². The molecule has 0 aliphatic carbocycles. The van der Waals surface area contributed by atoms with Crippen LogP contribution in [0.2, 0.25) is 0 Å². The fourth-order valence-corrected chi connectivity index (χ4v) is 4.50. The van der Waals surface area contributed by atoms with Gasteiger partial charge in [-0.15, -0.1) is 0 Å².